The summed E-state index contributed by atoms with van der Waals surface area (Å²) in [5.41, 5.74) is 6.29. The van der Waals surface area contributed by atoms with Crippen molar-refractivity contribution in [2.24, 2.45) is 17.6 Å². The van der Waals surface area contributed by atoms with Gasteiger partial charge in [0.05, 0.1) is 18.6 Å². The Bertz CT molecular complexity index is 861. The molecular weight excluding hydrogens is 436 g/mol. The molecule has 0 aliphatic carbocycles. The molecule has 0 radical (unpaired) electrons. The van der Waals surface area contributed by atoms with E-state index in [0.717, 1.165) is 24.8 Å². The van der Waals surface area contributed by atoms with Gasteiger partial charge in [-0.1, -0.05) is 32.4 Å². The van der Waals surface area contributed by atoms with Gasteiger partial charge in [-0.15, -0.1) is 0 Å². The zero-order valence-corrected chi connectivity index (χ0v) is 20.2. The molecule has 0 spiro atoms. The van der Waals surface area contributed by atoms with E-state index in [1.165, 1.54) is 0 Å². The van der Waals surface area contributed by atoms with Crippen LogP contribution in [0.4, 0.5) is 0 Å². The fourth-order valence-electron chi connectivity index (χ4n) is 4.92. The first-order valence-electron chi connectivity index (χ1n) is 12.3. The first-order valence-corrected chi connectivity index (χ1v) is 12.3. The van der Waals surface area contributed by atoms with Gasteiger partial charge in [-0.25, -0.2) is 0 Å². The zero-order valence-electron chi connectivity index (χ0n) is 20.2. The Kier molecular flexibility index (Phi) is 9.29. The minimum absolute atomic E-state index is 0.118. The van der Waals surface area contributed by atoms with Gasteiger partial charge >= 0.3 is 0 Å². The number of nitrogens with one attached hydrogen (secondary N) is 2. The van der Waals surface area contributed by atoms with E-state index in [0.29, 0.717) is 25.3 Å². The van der Waals surface area contributed by atoms with Crippen LogP contribution in [0.2, 0.25) is 0 Å². The van der Waals surface area contributed by atoms with Crippen LogP contribution in [-0.2, 0) is 14.4 Å². The van der Waals surface area contributed by atoms with E-state index < -0.39 is 24.0 Å². The van der Waals surface area contributed by atoms with E-state index in [-0.39, 0.29) is 43.3 Å². The highest BCUT2D eigenvalue weighted by Crippen LogP contribution is 2.44. The van der Waals surface area contributed by atoms with Crippen molar-refractivity contribution in [3.8, 4) is 5.75 Å². The summed E-state index contributed by atoms with van der Waals surface area (Å²) in [4.78, 5) is 41.4. The van der Waals surface area contributed by atoms with Crippen LogP contribution in [0.15, 0.2) is 24.3 Å². The lowest BCUT2D eigenvalue weighted by Crippen LogP contribution is -2.61. The van der Waals surface area contributed by atoms with E-state index >= 15 is 0 Å². The highest BCUT2D eigenvalue weighted by atomic mass is 16.5. The van der Waals surface area contributed by atoms with Crippen LogP contribution in [0.1, 0.15) is 57.6 Å². The highest BCUT2D eigenvalue weighted by molar-refractivity contribution is 5.99. The Morgan fingerprint density at radius 2 is 2.09 bits per heavy atom. The predicted molar refractivity (Wildman–Crippen MR) is 128 cm³/mol. The number of aliphatic hydroxyl groups excluding tert-OH is 1. The fourth-order valence-corrected chi connectivity index (χ4v) is 4.92. The van der Waals surface area contributed by atoms with Crippen molar-refractivity contribution in [1.29, 1.82) is 0 Å². The number of unbranched alkanes of at least 4 members (excludes halogenated alkanes) is 2. The van der Waals surface area contributed by atoms with E-state index in [9.17, 15) is 14.4 Å². The van der Waals surface area contributed by atoms with Crippen LogP contribution < -0.4 is 21.1 Å². The van der Waals surface area contributed by atoms with Crippen molar-refractivity contribution in [1.82, 2.24) is 15.5 Å². The molecule has 0 saturated carbocycles. The number of hydrogen-bond acceptors (Lipinski definition) is 6. The number of piperazine rings is 1. The maximum Gasteiger partial charge on any atom is 0.246 e. The second kappa shape index (κ2) is 12.2. The average molecular weight is 475 g/mol. The lowest BCUT2D eigenvalue weighted by molar-refractivity contribution is -0.150. The average Bonchev–Trinajstić information content (AvgIpc) is 3.22. The summed E-state index contributed by atoms with van der Waals surface area (Å²) in [6.45, 7) is 5.20. The molecule has 188 valence electrons. The van der Waals surface area contributed by atoms with Crippen LogP contribution in [0.5, 0.6) is 5.75 Å². The Balaban J connectivity index is 1.89. The van der Waals surface area contributed by atoms with Crippen molar-refractivity contribution in [3.05, 3.63) is 29.8 Å². The molecule has 3 amide bonds. The third-order valence-corrected chi connectivity index (χ3v) is 6.45. The molecule has 2 heterocycles. The van der Waals surface area contributed by atoms with Crippen molar-refractivity contribution >= 4 is 17.7 Å². The topological polar surface area (TPSA) is 134 Å². The van der Waals surface area contributed by atoms with Crippen LogP contribution in [-0.4, -0.2) is 66.1 Å². The van der Waals surface area contributed by atoms with Gasteiger partial charge in [0.2, 0.25) is 17.7 Å². The first kappa shape index (κ1) is 26.0. The number of carbonyl (C=O) groups excluding carboxylic acids is 3. The van der Waals surface area contributed by atoms with Crippen molar-refractivity contribution in [3.63, 3.8) is 0 Å². The van der Waals surface area contributed by atoms with E-state index in [4.69, 9.17) is 15.6 Å². The molecule has 0 unspecified atom stereocenters. The van der Waals surface area contributed by atoms with Crippen molar-refractivity contribution in [2.45, 2.75) is 64.1 Å². The van der Waals surface area contributed by atoms with E-state index in [1.54, 1.807) is 23.1 Å². The van der Waals surface area contributed by atoms with Gasteiger partial charge in [-0.05, 0) is 55.8 Å². The van der Waals surface area contributed by atoms with Crippen LogP contribution in [0.3, 0.4) is 0 Å². The zero-order chi connectivity index (χ0) is 24.7. The molecule has 1 aromatic rings. The second-order valence-electron chi connectivity index (χ2n) is 9.52. The summed E-state index contributed by atoms with van der Waals surface area (Å²) in [6, 6.07) is 5.37. The minimum Gasteiger partial charge on any atom is -0.491 e. The third-order valence-electron chi connectivity index (χ3n) is 6.45. The third kappa shape index (κ3) is 6.07. The number of carbonyl (C=O) groups is 3. The Morgan fingerprint density at radius 3 is 2.79 bits per heavy atom. The molecular formula is C25H38N4O5. The molecule has 9 nitrogen and oxygen atoms in total. The molecule has 2 fully saturated rings. The maximum absolute atomic E-state index is 13.5. The summed E-state index contributed by atoms with van der Waals surface area (Å²) >= 11 is 0. The maximum atomic E-state index is 13.5. The lowest BCUT2D eigenvalue weighted by Gasteiger charge is -2.39. The summed E-state index contributed by atoms with van der Waals surface area (Å²) < 4.78 is 5.57. The summed E-state index contributed by atoms with van der Waals surface area (Å²) in [5.74, 6) is -0.294. The van der Waals surface area contributed by atoms with Gasteiger partial charge in [-0.2, -0.15) is 0 Å². The van der Waals surface area contributed by atoms with Gasteiger partial charge in [0.15, 0.2) is 0 Å². The Morgan fingerprint density at radius 1 is 1.29 bits per heavy atom. The number of amides is 3. The smallest absolute Gasteiger partial charge is 0.246 e. The minimum atomic E-state index is -0.684. The molecule has 5 N–H and O–H groups in total. The number of aliphatic hydroxyl groups is 1. The largest absolute Gasteiger partial charge is 0.491 e. The number of ether oxygens (including phenoxy) is 1. The summed E-state index contributed by atoms with van der Waals surface area (Å²) in [6.07, 6.45) is 3.48. The van der Waals surface area contributed by atoms with Crippen molar-refractivity contribution < 1.29 is 24.2 Å². The Labute approximate surface area is 201 Å². The monoisotopic (exact) mass is 474 g/mol. The molecule has 3 rings (SSSR count). The van der Waals surface area contributed by atoms with Crippen LogP contribution >= 0.6 is 0 Å². The molecule has 34 heavy (non-hydrogen) atoms. The molecule has 0 bridgehead atoms. The summed E-state index contributed by atoms with van der Waals surface area (Å²) in [7, 11) is 0. The number of hydrogen-bond donors (Lipinski definition) is 4. The van der Waals surface area contributed by atoms with E-state index in [2.05, 4.69) is 10.6 Å². The van der Waals surface area contributed by atoms with Crippen LogP contribution in [0, 0.1) is 11.8 Å². The number of nitrogens with zero attached hydrogens (tertiary/aromatic N) is 1. The quantitative estimate of drug-likeness (QED) is 0.335. The fraction of sp³-hybridized carbons (Fsp3) is 0.640. The number of rotatable bonds is 12. The molecule has 4 atom stereocenters. The van der Waals surface area contributed by atoms with Gasteiger partial charge < -0.3 is 31.1 Å². The predicted octanol–water partition coefficient (Wildman–Crippen LogP) is 1.11. The van der Waals surface area contributed by atoms with Crippen LogP contribution in [0.25, 0.3) is 0 Å². The van der Waals surface area contributed by atoms with Gasteiger partial charge in [0.1, 0.15) is 24.4 Å². The molecule has 0 aromatic heterocycles. The first-order chi connectivity index (χ1) is 16.4. The Hall–Kier alpha value is -2.65. The molecule has 2 aliphatic rings. The molecule has 2 aliphatic heterocycles. The standard InChI is InChI=1S/C25H38N4O5/c1-16(2)13-20-25(33)29-21(24(32)28-20)15-19(23(31)27-10-5-3-4-9-26)22(29)17-7-6-8-18(14-17)34-12-11-30/h6-8,14,16,19-22,30H,3-5,9-13,15,26H2,1-2H3,(H,27,31)(H,28,32)/t19-,20+,21-,22-/m1/s1. The van der Waals surface area contributed by atoms with Crippen molar-refractivity contribution in [2.75, 3.05) is 26.3 Å². The lowest BCUT2D eigenvalue weighted by atomic mass is 9.92. The summed E-state index contributed by atoms with van der Waals surface area (Å²) in [5, 5.41) is 15.0. The molecule has 1 aromatic carbocycles. The van der Waals surface area contributed by atoms with Gasteiger partial charge in [-0.3, -0.25) is 14.4 Å². The van der Waals surface area contributed by atoms with Gasteiger partial charge in [0, 0.05) is 6.54 Å². The van der Waals surface area contributed by atoms with E-state index in [1.807, 2.05) is 19.9 Å². The normalized spacial score (nSPS) is 24.2. The van der Waals surface area contributed by atoms with Gasteiger partial charge in [0.25, 0.3) is 0 Å². The number of benzene rings is 1. The number of fused-ring (bicyclic) bond motifs is 1. The molecule has 2 saturated heterocycles. The number of nitrogens with two attached hydrogens (primary N) is 1. The SMILES string of the molecule is CC(C)C[C@@H]1NC(=O)[C@H]2C[C@@H](C(=O)NCCCCCN)[C@@H](c3cccc(OCCO)c3)N2C1=O. The molecule has 9 heteroatoms. The second-order valence-corrected chi connectivity index (χ2v) is 9.52. The highest BCUT2D eigenvalue weighted by Gasteiger charge is 2.54.